The fraction of sp³-hybridized carbons (Fsp3) is 0.294. The van der Waals surface area contributed by atoms with Crippen LogP contribution < -0.4 is 10.6 Å². The van der Waals surface area contributed by atoms with E-state index in [-0.39, 0.29) is 23.6 Å². The molecule has 0 radical (unpaired) electrons. The maximum Gasteiger partial charge on any atom is 0.247 e. The fourth-order valence-corrected chi connectivity index (χ4v) is 5.62. The number of rotatable bonds is 8. The first-order valence-corrected chi connectivity index (χ1v) is 14.5. The number of benzene rings is 3. The first-order chi connectivity index (χ1) is 20.4. The molecule has 0 spiro atoms. The summed E-state index contributed by atoms with van der Waals surface area (Å²) in [5.41, 5.74) is 4.26. The first kappa shape index (κ1) is 28.8. The summed E-state index contributed by atoms with van der Waals surface area (Å²) in [7, 11) is 0. The molecule has 3 aromatic carbocycles. The Morgan fingerprint density at radius 2 is 1.17 bits per heavy atom. The van der Waals surface area contributed by atoms with E-state index in [0.717, 1.165) is 29.5 Å². The second-order valence-electron chi connectivity index (χ2n) is 10.8. The van der Waals surface area contributed by atoms with Gasteiger partial charge in [-0.1, -0.05) is 66.7 Å². The van der Waals surface area contributed by atoms with Gasteiger partial charge in [0.15, 0.2) is 0 Å². The summed E-state index contributed by atoms with van der Waals surface area (Å²) in [6, 6.07) is 23.8. The van der Waals surface area contributed by atoms with Crippen molar-refractivity contribution in [3.8, 4) is 0 Å². The minimum atomic E-state index is -0.459. The summed E-state index contributed by atoms with van der Waals surface area (Å²) >= 11 is 0. The molecule has 4 amide bonds. The third kappa shape index (κ3) is 7.13. The van der Waals surface area contributed by atoms with E-state index in [1.165, 1.54) is 6.92 Å². The van der Waals surface area contributed by atoms with Crippen molar-refractivity contribution in [3.05, 3.63) is 95.6 Å². The van der Waals surface area contributed by atoms with E-state index in [4.69, 9.17) is 0 Å². The average Bonchev–Trinajstić information content (AvgIpc) is 3.69. The molecule has 3 aromatic rings. The van der Waals surface area contributed by atoms with Crippen LogP contribution >= 0.6 is 0 Å². The van der Waals surface area contributed by atoms with E-state index in [9.17, 15) is 19.2 Å². The summed E-state index contributed by atoms with van der Waals surface area (Å²) in [5.74, 6) is -0.415. The molecule has 1 unspecified atom stereocenters. The molecule has 0 aliphatic carbocycles. The highest BCUT2D eigenvalue weighted by atomic mass is 16.2. The maximum atomic E-state index is 13.0. The molecule has 2 heterocycles. The zero-order valence-electron chi connectivity index (χ0n) is 23.8. The fourth-order valence-electron chi connectivity index (χ4n) is 5.62. The van der Waals surface area contributed by atoms with Crippen molar-refractivity contribution in [2.75, 3.05) is 23.7 Å². The van der Waals surface area contributed by atoms with Crippen LogP contribution in [0.2, 0.25) is 0 Å². The molecule has 8 heteroatoms. The molecule has 2 atom stereocenters. The highest BCUT2D eigenvalue weighted by Crippen LogP contribution is 2.22. The average molecular weight is 565 g/mol. The predicted molar refractivity (Wildman–Crippen MR) is 164 cm³/mol. The summed E-state index contributed by atoms with van der Waals surface area (Å²) in [5, 5.41) is 5.89. The second kappa shape index (κ2) is 13.3. The van der Waals surface area contributed by atoms with Gasteiger partial charge >= 0.3 is 0 Å². The van der Waals surface area contributed by atoms with Crippen LogP contribution in [-0.2, 0) is 25.6 Å². The zero-order valence-corrected chi connectivity index (χ0v) is 23.8. The molecule has 2 aliphatic rings. The van der Waals surface area contributed by atoms with Gasteiger partial charge in [0.05, 0.1) is 6.42 Å². The van der Waals surface area contributed by atoms with Crippen molar-refractivity contribution in [2.45, 2.75) is 51.1 Å². The van der Waals surface area contributed by atoms with Crippen LogP contribution in [0.5, 0.6) is 0 Å². The van der Waals surface area contributed by atoms with Crippen LogP contribution in [-0.4, -0.2) is 58.6 Å². The third-order valence-electron chi connectivity index (χ3n) is 7.86. The van der Waals surface area contributed by atoms with Gasteiger partial charge < -0.3 is 20.4 Å². The van der Waals surface area contributed by atoms with Crippen LogP contribution in [0.4, 0.5) is 11.4 Å². The Bertz CT molecular complexity index is 1450. The first-order valence-electron chi connectivity index (χ1n) is 14.5. The summed E-state index contributed by atoms with van der Waals surface area (Å²) in [6.07, 6.45) is 7.24. The SMILES string of the molecule is CC(=O)N1CCCC1C(=O)Nc1ccc(C=Cc2ccc(NC(=O)[C@@H]3CCCN3C(=O)Cc3ccccc3)cc2)cc1. The lowest BCUT2D eigenvalue weighted by atomic mass is 10.1. The largest absolute Gasteiger partial charge is 0.331 e. The number of amides is 4. The molecule has 216 valence electrons. The van der Waals surface area contributed by atoms with Crippen LogP contribution in [0.1, 0.15) is 49.3 Å². The van der Waals surface area contributed by atoms with Crippen LogP contribution in [0.25, 0.3) is 12.2 Å². The smallest absolute Gasteiger partial charge is 0.247 e. The van der Waals surface area contributed by atoms with E-state index in [2.05, 4.69) is 10.6 Å². The molecule has 5 rings (SSSR count). The van der Waals surface area contributed by atoms with Crippen LogP contribution in [0, 0.1) is 0 Å². The van der Waals surface area contributed by atoms with Gasteiger partial charge in [0.1, 0.15) is 12.1 Å². The molecule has 0 saturated carbocycles. The highest BCUT2D eigenvalue weighted by molar-refractivity contribution is 5.98. The van der Waals surface area contributed by atoms with Crippen LogP contribution in [0.15, 0.2) is 78.9 Å². The number of nitrogens with zero attached hydrogens (tertiary/aromatic N) is 2. The Labute approximate surface area is 246 Å². The monoisotopic (exact) mass is 564 g/mol. The van der Waals surface area contributed by atoms with Gasteiger partial charge in [-0.05, 0) is 66.6 Å². The van der Waals surface area contributed by atoms with Crippen molar-refractivity contribution in [2.24, 2.45) is 0 Å². The topological polar surface area (TPSA) is 98.8 Å². The standard InChI is InChI=1S/C34H36N4O4/c1-24(39)37-21-5-9-30(37)33(41)35-28-17-13-25(14-18-28)11-12-26-15-19-29(20-16-26)36-34(42)31-10-6-22-38(31)32(40)23-27-7-3-2-4-8-27/h2-4,7-8,11-20,30-31H,5-6,9-10,21-23H2,1H3,(H,35,41)(H,36,42)/t30?,31-/m0/s1. The van der Waals surface area contributed by atoms with Crippen molar-refractivity contribution >= 4 is 47.2 Å². The Morgan fingerprint density at radius 3 is 1.67 bits per heavy atom. The van der Waals surface area contributed by atoms with Crippen molar-refractivity contribution in [1.82, 2.24) is 9.80 Å². The van der Waals surface area contributed by atoms with Gasteiger partial charge in [-0.2, -0.15) is 0 Å². The lowest BCUT2D eigenvalue weighted by Crippen LogP contribution is -2.43. The Morgan fingerprint density at radius 1 is 0.690 bits per heavy atom. The zero-order chi connectivity index (χ0) is 29.5. The van der Waals surface area contributed by atoms with Gasteiger partial charge in [0.25, 0.3) is 0 Å². The normalized spacial score (nSPS) is 18.3. The lowest BCUT2D eigenvalue weighted by Gasteiger charge is -2.24. The molecule has 2 saturated heterocycles. The number of hydrogen-bond acceptors (Lipinski definition) is 4. The van der Waals surface area contributed by atoms with Gasteiger partial charge in [-0.3, -0.25) is 19.2 Å². The van der Waals surface area contributed by atoms with Gasteiger partial charge in [-0.25, -0.2) is 0 Å². The molecule has 0 bridgehead atoms. The molecule has 2 aliphatic heterocycles. The number of anilines is 2. The maximum absolute atomic E-state index is 13.0. The summed E-state index contributed by atoms with van der Waals surface area (Å²) < 4.78 is 0. The Kier molecular flexibility index (Phi) is 9.12. The van der Waals surface area contributed by atoms with Gasteiger partial charge in [0, 0.05) is 31.4 Å². The minimum Gasteiger partial charge on any atom is -0.331 e. The van der Waals surface area contributed by atoms with Crippen LogP contribution in [0.3, 0.4) is 0 Å². The van der Waals surface area contributed by atoms with Gasteiger partial charge in [0.2, 0.25) is 23.6 Å². The highest BCUT2D eigenvalue weighted by Gasteiger charge is 2.34. The quantitative estimate of drug-likeness (QED) is 0.377. The van der Waals surface area contributed by atoms with E-state index in [1.807, 2.05) is 91.0 Å². The summed E-state index contributed by atoms with van der Waals surface area (Å²) in [6.45, 7) is 2.72. The molecule has 2 fully saturated rings. The Balaban J connectivity index is 1.12. The number of carbonyl (C=O) groups excluding carboxylic acids is 4. The van der Waals surface area contributed by atoms with Crippen molar-refractivity contribution in [3.63, 3.8) is 0 Å². The van der Waals surface area contributed by atoms with E-state index >= 15 is 0 Å². The molecular formula is C34H36N4O4. The summed E-state index contributed by atoms with van der Waals surface area (Å²) in [4.78, 5) is 53.6. The van der Waals surface area contributed by atoms with Crippen molar-refractivity contribution < 1.29 is 19.2 Å². The third-order valence-corrected chi connectivity index (χ3v) is 7.86. The number of nitrogens with one attached hydrogen (secondary N) is 2. The molecule has 0 aromatic heterocycles. The van der Waals surface area contributed by atoms with Gasteiger partial charge in [-0.15, -0.1) is 0 Å². The lowest BCUT2D eigenvalue weighted by molar-refractivity contribution is -0.136. The molecule has 8 nitrogen and oxygen atoms in total. The molecule has 42 heavy (non-hydrogen) atoms. The number of carbonyl (C=O) groups is 4. The van der Waals surface area contributed by atoms with E-state index in [1.54, 1.807) is 9.80 Å². The predicted octanol–water partition coefficient (Wildman–Crippen LogP) is 4.98. The second-order valence-corrected chi connectivity index (χ2v) is 10.8. The Hall–Kier alpha value is -4.72. The molecular weight excluding hydrogens is 528 g/mol. The number of hydrogen-bond donors (Lipinski definition) is 2. The van der Waals surface area contributed by atoms with E-state index < -0.39 is 12.1 Å². The van der Waals surface area contributed by atoms with E-state index in [0.29, 0.717) is 43.7 Å². The van der Waals surface area contributed by atoms with Crippen molar-refractivity contribution in [1.29, 1.82) is 0 Å². The number of likely N-dealkylation sites (tertiary alicyclic amines) is 2. The molecule has 2 N–H and O–H groups in total. The minimum absolute atomic E-state index is 0.0248.